The van der Waals surface area contributed by atoms with Crippen molar-refractivity contribution in [2.45, 2.75) is 45.4 Å². The summed E-state index contributed by atoms with van der Waals surface area (Å²) in [4.78, 5) is 47.1. The fourth-order valence-corrected chi connectivity index (χ4v) is 3.17. The highest BCUT2D eigenvalue weighted by Gasteiger charge is 2.27. The van der Waals surface area contributed by atoms with Gasteiger partial charge in [0.15, 0.2) is 0 Å². The molecule has 3 amide bonds. The third kappa shape index (κ3) is 8.15. The number of ether oxygens (including phenoxy) is 1. The summed E-state index contributed by atoms with van der Waals surface area (Å²) in [6.45, 7) is 3.71. The lowest BCUT2D eigenvalue weighted by Crippen LogP contribution is -2.54. The maximum Gasteiger partial charge on any atom is 0.408 e. The maximum absolute atomic E-state index is 13.6. The molecule has 10 nitrogen and oxygen atoms in total. The zero-order valence-corrected chi connectivity index (χ0v) is 18.8. The van der Waals surface area contributed by atoms with Crippen LogP contribution in [-0.4, -0.2) is 34.9 Å². The molecule has 0 aliphatic rings. The number of alkyl carbamates (subject to hydrolysis) is 1. The standard InChI is InChI=1S/C23H27FN4O6/c1-14(2)10-19(27-23(31)34-13-15-6-4-3-5-7-15)22(30)26-18(21(25)29)11-16-8-9-17(24)20(12-16)28(32)33/h3-9,12,14,18-19H,10-11,13H2,1-2H3,(H2,25,29)(H,26,30)(H,27,31)/t18-,19+/m1/s1. The van der Waals surface area contributed by atoms with E-state index in [4.69, 9.17) is 10.5 Å². The molecule has 0 spiro atoms. The van der Waals surface area contributed by atoms with Crippen LogP contribution >= 0.6 is 0 Å². The normalized spacial score (nSPS) is 12.5. The molecule has 2 aromatic carbocycles. The lowest BCUT2D eigenvalue weighted by Gasteiger charge is -2.23. The lowest BCUT2D eigenvalue weighted by atomic mass is 10.0. The number of primary amides is 1. The van der Waals surface area contributed by atoms with Crippen molar-refractivity contribution in [1.82, 2.24) is 10.6 Å². The summed E-state index contributed by atoms with van der Waals surface area (Å²) in [7, 11) is 0. The van der Waals surface area contributed by atoms with Crippen molar-refractivity contribution >= 4 is 23.6 Å². The summed E-state index contributed by atoms with van der Waals surface area (Å²) in [5, 5.41) is 15.9. The van der Waals surface area contributed by atoms with E-state index in [-0.39, 0.29) is 30.9 Å². The second-order valence-corrected chi connectivity index (χ2v) is 8.10. The first-order chi connectivity index (χ1) is 16.1. The van der Waals surface area contributed by atoms with Crippen LogP contribution in [0.4, 0.5) is 14.9 Å². The molecule has 0 fully saturated rings. The van der Waals surface area contributed by atoms with Gasteiger partial charge in [0.2, 0.25) is 17.6 Å². The van der Waals surface area contributed by atoms with Crippen molar-refractivity contribution in [1.29, 1.82) is 0 Å². The van der Waals surface area contributed by atoms with Gasteiger partial charge in [-0.15, -0.1) is 0 Å². The van der Waals surface area contributed by atoms with Gasteiger partial charge in [0, 0.05) is 12.5 Å². The van der Waals surface area contributed by atoms with Gasteiger partial charge < -0.3 is 21.1 Å². The van der Waals surface area contributed by atoms with Crippen LogP contribution in [-0.2, 0) is 27.4 Å². The molecule has 0 bridgehead atoms. The van der Waals surface area contributed by atoms with Gasteiger partial charge in [-0.2, -0.15) is 4.39 Å². The number of nitro groups is 1. The Bertz CT molecular complexity index is 1030. The zero-order chi connectivity index (χ0) is 25.3. The van der Waals surface area contributed by atoms with Gasteiger partial charge in [-0.1, -0.05) is 50.2 Å². The Morgan fingerprint density at radius 3 is 2.32 bits per heavy atom. The minimum atomic E-state index is -1.24. The van der Waals surface area contributed by atoms with Crippen LogP contribution in [0.2, 0.25) is 0 Å². The van der Waals surface area contributed by atoms with Crippen LogP contribution in [0.1, 0.15) is 31.4 Å². The number of hydrogen-bond acceptors (Lipinski definition) is 6. The number of nitro benzene ring substituents is 1. The molecular formula is C23H27FN4O6. The average molecular weight is 474 g/mol. The average Bonchev–Trinajstić information content (AvgIpc) is 2.78. The zero-order valence-electron chi connectivity index (χ0n) is 18.8. The van der Waals surface area contributed by atoms with Crippen molar-refractivity contribution in [3.8, 4) is 0 Å². The van der Waals surface area contributed by atoms with E-state index in [1.807, 2.05) is 19.9 Å². The molecule has 0 heterocycles. The van der Waals surface area contributed by atoms with E-state index >= 15 is 0 Å². The highest BCUT2D eigenvalue weighted by Crippen LogP contribution is 2.19. The van der Waals surface area contributed by atoms with Crippen molar-refractivity contribution < 1.29 is 28.4 Å². The molecule has 11 heteroatoms. The Labute approximate surface area is 195 Å². The van der Waals surface area contributed by atoms with Crippen LogP contribution in [0.3, 0.4) is 0 Å². The first kappa shape index (κ1) is 26.2. The van der Waals surface area contributed by atoms with Gasteiger partial charge in [-0.05, 0) is 29.5 Å². The van der Waals surface area contributed by atoms with E-state index < -0.39 is 46.4 Å². The smallest absolute Gasteiger partial charge is 0.408 e. The molecule has 0 saturated carbocycles. The number of nitrogens with two attached hydrogens (primary N) is 1. The molecule has 4 N–H and O–H groups in total. The van der Waals surface area contributed by atoms with Crippen LogP contribution in [0.15, 0.2) is 48.5 Å². The molecule has 0 aliphatic carbocycles. The molecule has 0 unspecified atom stereocenters. The van der Waals surface area contributed by atoms with E-state index in [2.05, 4.69) is 10.6 Å². The van der Waals surface area contributed by atoms with Gasteiger partial charge in [-0.3, -0.25) is 19.7 Å². The van der Waals surface area contributed by atoms with Gasteiger partial charge in [0.25, 0.3) is 0 Å². The fraction of sp³-hybridized carbons (Fsp3) is 0.348. The molecule has 2 aromatic rings. The van der Waals surface area contributed by atoms with Crippen LogP contribution in [0, 0.1) is 21.8 Å². The highest BCUT2D eigenvalue weighted by atomic mass is 19.1. The van der Waals surface area contributed by atoms with E-state index in [9.17, 15) is 28.9 Å². The predicted molar refractivity (Wildman–Crippen MR) is 121 cm³/mol. The second kappa shape index (κ2) is 12.3. The fourth-order valence-electron chi connectivity index (χ4n) is 3.17. The lowest BCUT2D eigenvalue weighted by molar-refractivity contribution is -0.387. The van der Waals surface area contributed by atoms with Gasteiger partial charge >= 0.3 is 11.8 Å². The van der Waals surface area contributed by atoms with Crippen molar-refractivity contribution in [3.63, 3.8) is 0 Å². The van der Waals surface area contributed by atoms with Gasteiger partial charge in [0.1, 0.15) is 18.7 Å². The molecule has 2 atom stereocenters. The molecule has 0 radical (unpaired) electrons. The number of nitrogens with zero attached hydrogens (tertiary/aromatic N) is 1. The SMILES string of the molecule is CC(C)C[C@H](NC(=O)OCc1ccccc1)C(=O)N[C@H](Cc1ccc(F)c([N+](=O)[O-])c1)C(N)=O. The quantitative estimate of drug-likeness (QED) is 0.336. The summed E-state index contributed by atoms with van der Waals surface area (Å²) in [5.41, 5.74) is 5.64. The predicted octanol–water partition coefficient (Wildman–Crippen LogP) is 2.59. The number of hydrogen-bond donors (Lipinski definition) is 3. The second-order valence-electron chi connectivity index (χ2n) is 8.10. The third-order valence-corrected chi connectivity index (χ3v) is 4.84. The Morgan fingerprint density at radius 2 is 1.74 bits per heavy atom. The minimum Gasteiger partial charge on any atom is -0.445 e. The summed E-state index contributed by atoms with van der Waals surface area (Å²) < 4.78 is 18.8. The molecule has 0 saturated heterocycles. The molecular weight excluding hydrogens is 447 g/mol. The molecule has 182 valence electrons. The Kier molecular flexibility index (Phi) is 9.48. The monoisotopic (exact) mass is 474 g/mol. The summed E-state index contributed by atoms with van der Waals surface area (Å²) in [5.74, 6) is -2.58. The van der Waals surface area contributed by atoms with E-state index in [1.54, 1.807) is 24.3 Å². The summed E-state index contributed by atoms with van der Waals surface area (Å²) in [6, 6.07) is 9.85. The number of amides is 3. The first-order valence-corrected chi connectivity index (χ1v) is 10.6. The van der Waals surface area contributed by atoms with Gasteiger partial charge in [-0.25, -0.2) is 4.79 Å². The Hall–Kier alpha value is -4.02. The highest BCUT2D eigenvalue weighted by molar-refractivity contribution is 5.90. The summed E-state index contributed by atoms with van der Waals surface area (Å²) in [6.07, 6.45) is -0.760. The number of nitrogens with one attached hydrogen (secondary N) is 2. The van der Waals surface area contributed by atoms with Crippen LogP contribution < -0.4 is 16.4 Å². The Morgan fingerprint density at radius 1 is 1.06 bits per heavy atom. The molecule has 34 heavy (non-hydrogen) atoms. The number of benzene rings is 2. The third-order valence-electron chi connectivity index (χ3n) is 4.84. The largest absolute Gasteiger partial charge is 0.445 e. The Balaban J connectivity index is 2.07. The number of carbonyl (C=O) groups is 3. The van der Waals surface area contributed by atoms with E-state index in [0.717, 1.165) is 17.7 Å². The van der Waals surface area contributed by atoms with Crippen molar-refractivity contribution in [3.05, 3.63) is 75.6 Å². The van der Waals surface area contributed by atoms with Crippen LogP contribution in [0.5, 0.6) is 0 Å². The van der Waals surface area contributed by atoms with Crippen molar-refractivity contribution in [2.24, 2.45) is 11.7 Å². The minimum absolute atomic E-state index is 0.00987. The summed E-state index contributed by atoms with van der Waals surface area (Å²) >= 11 is 0. The molecule has 0 aromatic heterocycles. The molecule has 2 rings (SSSR count). The number of carbonyl (C=O) groups excluding carboxylic acids is 3. The number of rotatable bonds is 11. The van der Waals surface area contributed by atoms with Crippen molar-refractivity contribution in [2.75, 3.05) is 0 Å². The topological polar surface area (TPSA) is 154 Å². The van der Waals surface area contributed by atoms with Crippen LogP contribution in [0.25, 0.3) is 0 Å². The van der Waals surface area contributed by atoms with Gasteiger partial charge in [0.05, 0.1) is 4.92 Å². The van der Waals surface area contributed by atoms with E-state index in [1.165, 1.54) is 6.07 Å². The molecule has 0 aliphatic heterocycles. The first-order valence-electron chi connectivity index (χ1n) is 10.6. The van der Waals surface area contributed by atoms with E-state index in [0.29, 0.717) is 0 Å². The maximum atomic E-state index is 13.6. The number of halogens is 1.